The summed E-state index contributed by atoms with van der Waals surface area (Å²) in [5.41, 5.74) is 3.68. The van der Waals surface area contributed by atoms with E-state index in [-0.39, 0.29) is 4.90 Å². The molecule has 0 amide bonds. The number of sulfonamides is 1. The highest BCUT2D eigenvalue weighted by molar-refractivity contribution is 7.89. The number of pyridine rings is 1. The van der Waals surface area contributed by atoms with Gasteiger partial charge in [0.05, 0.1) is 11.1 Å². The number of benzene rings is 1. The van der Waals surface area contributed by atoms with Crippen molar-refractivity contribution in [2.45, 2.75) is 18.7 Å². The number of hydrazone groups is 1. The topological polar surface area (TPSA) is 99.6 Å². The van der Waals surface area contributed by atoms with E-state index in [1.54, 1.807) is 26.1 Å². The van der Waals surface area contributed by atoms with Crippen molar-refractivity contribution in [1.82, 2.24) is 14.3 Å². The Balaban J connectivity index is 1.64. The first-order chi connectivity index (χ1) is 14.4. The average Bonchev–Trinajstić information content (AvgIpc) is 3.09. The van der Waals surface area contributed by atoms with E-state index in [4.69, 9.17) is 11.6 Å². The Morgan fingerprint density at radius 2 is 1.90 bits per heavy atom. The maximum Gasteiger partial charge on any atom is 0.244 e. The van der Waals surface area contributed by atoms with E-state index < -0.39 is 10.0 Å². The third-order valence-electron chi connectivity index (χ3n) is 4.08. The number of nitrogens with zero attached hydrogens (tertiary/aromatic N) is 4. The number of thiazole rings is 1. The van der Waals surface area contributed by atoms with Crippen molar-refractivity contribution < 1.29 is 8.42 Å². The number of rotatable bonds is 9. The Labute approximate surface area is 184 Å². The van der Waals surface area contributed by atoms with Gasteiger partial charge in [-0.1, -0.05) is 55.0 Å². The summed E-state index contributed by atoms with van der Waals surface area (Å²) in [5.74, 6) is 0.410. The zero-order valence-electron chi connectivity index (χ0n) is 16.4. The second-order valence-corrected chi connectivity index (χ2v) is 9.33. The summed E-state index contributed by atoms with van der Waals surface area (Å²) in [5, 5.41) is 8.27. The lowest BCUT2D eigenvalue weighted by molar-refractivity contribution is 0.445. The molecule has 30 heavy (non-hydrogen) atoms. The molecule has 2 heterocycles. The van der Waals surface area contributed by atoms with Crippen LogP contribution in [0.5, 0.6) is 0 Å². The predicted octanol–water partition coefficient (Wildman–Crippen LogP) is 4.41. The van der Waals surface area contributed by atoms with Gasteiger partial charge in [0.15, 0.2) is 10.3 Å². The molecule has 0 atom stereocenters. The summed E-state index contributed by atoms with van der Waals surface area (Å²) in [6, 6.07) is 12.7. The van der Waals surface area contributed by atoms with Gasteiger partial charge in [-0.15, -0.1) is 0 Å². The van der Waals surface area contributed by atoms with Gasteiger partial charge >= 0.3 is 0 Å². The van der Waals surface area contributed by atoms with E-state index in [1.165, 1.54) is 27.9 Å². The van der Waals surface area contributed by atoms with Gasteiger partial charge in [-0.3, -0.25) is 5.43 Å². The second kappa shape index (κ2) is 9.98. The molecule has 0 radical (unpaired) electrons. The first kappa shape index (κ1) is 22.2. The summed E-state index contributed by atoms with van der Waals surface area (Å²) in [6.45, 7) is 4.40. The van der Waals surface area contributed by atoms with Gasteiger partial charge in [0.2, 0.25) is 10.0 Å². The molecular weight excluding hydrogens is 444 g/mol. The summed E-state index contributed by atoms with van der Waals surface area (Å²) in [7, 11) is -3.54. The van der Waals surface area contributed by atoms with Gasteiger partial charge in [-0.2, -0.15) is 9.41 Å². The molecule has 8 nitrogen and oxygen atoms in total. The van der Waals surface area contributed by atoms with E-state index in [2.05, 4.69) is 25.8 Å². The van der Waals surface area contributed by atoms with Crippen LogP contribution in [0.25, 0.3) is 0 Å². The van der Waals surface area contributed by atoms with Gasteiger partial charge in [0.1, 0.15) is 10.7 Å². The van der Waals surface area contributed by atoms with Crippen molar-refractivity contribution in [1.29, 1.82) is 0 Å². The lowest BCUT2D eigenvalue weighted by Gasteiger charge is -2.18. The molecule has 11 heteroatoms. The number of para-hydroxylation sites is 1. The van der Waals surface area contributed by atoms with Gasteiger partial charge in [-0.05, 0) is 24.3 Å². The molecule has 3 aromatic rings. The Hall–Kier alpha value is -2.53. The molecule has 0 saturated carbocycles. The Bertz CT molecular complexity index is 1100. The van der Waals surface area contributed by atoms with Gasteiger partial charge < -0.3 is 5.32 Å². The van der Waals surface area contributed by atoms with Gasteiger partial charge in [0.25, 0.3) is 0 Å². The first-order valence-corrected chi connectivity index (χ1v) is 11.8. The normalized spacial score (nSPS) is 11.9. The maximum absolute atomic E-state index is 12.5. The zero-order valence-corrected chi connectivity index (χ0v) is 18.8. The Morgan fingerprint density at radius 3 is 2.53 bits per heavy atom. The van der Waals surface area contributed by atoms with Crippen LogP contribution < -0.4 is 10.7 Å². The quantitative estimate of drug-likeness (QED) is 0.359. The van der Waals surface area contributed by atoms with Crippen LogP contribution in [0.3, 0.4) is 0 Å². The first-order valence-electron chi connectivity index (χ1n) is 9.17. The van der Waals surface area contributed by atoms with Crippen LogP contribution in [-0.2, 0) is 10.0 Å². The van der Waals surface area contributed by atoms with E-state index in [0.717, 1.165) is 5.69 Å². The zero-order chi connectivity index (χ0) is 21.6. The van der Waals surface area contributed by atoms with Crippen LogP contribution in [0.4, 0.5) is 16.6 Å². The van der Waals surface area contributed by atoms with Crippen LogP contribution in [0.15, 0.2) is 58.7 Å². The monoisotopic (exact) mass is 464 g/mol. The number of halogens is 1. The standard InChI is InChI=1S/C19H21ClN6O2S2/c1-3-26(4-2)30(27,28)15-10-11-17(21-12-15)25-22-13-16-18(20)24-19(29-16)23-14-8-6-5-7-9-14/h5-13H,3-4H2,1-2H3,(H,21,25)(H,23,24)/b22-13-. The van der Waals surface area contributed by atoms with Crippen molar-refractivity contribution in [2.75, 3.05) is 23.8 Å². The smallest absolute Gasteiger partial charge is 0.244 e. The molecule has 0 aliphatic carbocycles. The molecule has 0 fully saturated rings. The van der Waals surface area contributed by atoms with Crippen molar-refractivity contribution in [3.05, 3.63) is 58.7 Å². The third kappa shape index (κ3) is 5.33. The fourth-order valence-corrected chi connectivity index (χ4v) is 5.01. The van der Waals surface area contributed by atoms with Crippen LogP contribution in [-0.4, -0.2) is 42.0 Å². The molecule has 0 unspecified atom stereocenters. The SMILES string of the molecule is CCN(CC)S(=O)(=O)c1ccc(N/N=C\c2sc(Nc3ccccc3)nc2Cl)nc1. The Kier molecular flexibility index (Phi) is 7.38. The largest absolute Gasteiger partial charge is 0.331 e. The van der Waals surface area contributed by atoms with E-state index in [0.29, 0.717) is 34.1 Å². The van der Waals surface area contributed by atoms with Gasteiger partial charge in [0, 0.05) is 25.0 Å². The number of aromatic nitrogens is 2. The summed E-state index contributed by atoms with van der Waals surface area (Å²) >= 11 is 7.53. The van der Waals surface area contributed by atoms with Gasteiger partial charge in [-0.25, -0.2) is 18.4 Å². The number of anilines is 3. The average molecular weight is 465 g/mol. The number of hydrogen-bond donors (Lipinski definition) is 2. The molecule has 0 bridgehead atoms. The fourth-order valence-electron chi connectivity index (χ4n) is 2.56. The Morgan fingerprint density at radius 1 is 1.17 bits per heavy atom. The lowest BCUT2D eigenvalue weighted by atomic mass is 10.3. The molecular formula is C19H21ClN6O2S2. The molecule has 3 rings (SSSR count). The van der Waals surface area contributed by atoms with Crippen LogP contribution >= 0.6 is 22.9 Å². The lowest BCUT2D eigenvalue weighted by Crippen LogP contribution is -2.30. The highest BCUT2D eigenvalue weighted by Crippen LogP contribution is 2.28. The van der Waals surface area contributed by atoms with Crippen LogP contribution in [0, 0.1) is 0 Å². The van der Waals surface area contributed by atoms with Crippen LogP contribution in [0.2, 0.25) is 5.15 Å². The summed E-state index contributed by atoms with van der Waals surface area (Å²) in [6.07, 6.45) is 2.85. The molecule has 0 aliphatic rings. The maximum atomic E-state index is 12.5. The van der Waals surface area contributed by atoms with Crippen molar-refractivity contribution in [3.8, 4) is 0 Å². The highest BCUT2D eigenvalue weighted by Gasteiger charge is 2.21. The highest BCUT2D eigenvalue weighted by atomic mass is 35.5. The van der Waals surface area contributed by atoms with E-state index in [9.17, 15) is 8.42 Å². The van der Waals surface area contributed by atoms with Crippen LogP contribution in [0.1, 0.15) is 18.7 Å². The van der Waals surface area contributed by atoms with Crippen molar-refractivity contribution in [3.63, 3.8) is 0 Å². The minimum atomic E-state index is -3.54. The molecule has 0 saturated heterocycles. The van der Waals surface area contributed by atoms with Crippen molar-refractivity contribution >= 4 is 55.8 Å². The fraction of sp³-hybridized carbons (Fsp3) is 0.211. The summed E-state index contributed by atoms with van der Waals surface area (Å²) in [4.78, 5) is 9.20. The molecule has 2 N–H and O–H groups in total. The molecule has 0 spiro atoms. The molecule has 158 valence electrons. The predicted molar refractivity (Wildman–Crippen MR) is 122 cm³/mol. The molecule has 0 aliphatic heterocycles. The minimum absolute atomic E-state index is 0.142. The van der Waals surface area contributed by atoms with E-state index >= 15 is 0 Å². The summed E-state index contributed by atoms with van der Waals surface area (Å²) < 4.78 is 26.3. The number of hydrogen-bond acceptors (Lipinski definition) is 8. The second-order valence-electron chi connectivity index (χ2n) is 6.00. The number of nitrogens with one attached hydrogen (secondary N) is 2. The minimum Gasteiger partial charge on any atom is -0.331 e. The van der Waals surface area contributed by atoms with Crippen molar-refractivity contribution in [2.24, 2.45) is 5.10 Å². The van der Waals surface area contributed by atoms with E-state index in [1.807, 2.05) is 30.3 Å². The molecule has 2 aromatic heterocycles. The molecule has 1 aromatic carbocycles. The third-order valence-corrected chi connectivity index (χ3v) is 7.41.